The van der Waals surface area contributed by atoms with Gasteiger partial charge in [-0.1, -0.05) is 25.0 Å². The fourth-order valence-electron chi connectivity index (χ4n) is 2.79. The molecule has 0 spiro atoms. The van der Waals surface area contributed by atoms with Gasteiger partial charge in [0.25, 0.3) is 0 Å². The molecule has 0 bridgehead atoms. The maximum absolute atomic E-state index is 13.2. The number of nitrogens with one attached hydrogen (secondary N) is 1. The Morgan fingerprint density at radius 2 is 1.95 bits per heavy atom. The number of aromatic nitrogens is 1. The summed E-state index contributed by atoms with van der Waals surface area (Å²) in [6, 6.07) is 10.3. The molecule has 0 amide bonds. The topological polar surface area (TPSA) is 45.1 Å². The van der Waals surface area contributed by atoms with Gasteiger partial charge in [-0.05, 0) is 42.7 Å². The standard InChI is InChI=1S/C17H19FN2O/c18-14-5-3-4-12(10-14)13-8-9-17(19-11-13)20-15-6-1-2-7-16(15)21/h3-5,8-11,15-16,21H,1-2,6-7H2,(H,19,20)/t15-,16-/m0/s1. The zero-order valence-electron chi connectivity index (χ0n) is 11.8. The lowest BCUT2D eigenvalue weighted by atomic mass is 9.92. The van der Waals surface area contributed by atoms with Crippen molar-refractivity contribution in [1.82, 2.24) is 4.98 Å². The summed E-state index contributed by atoms with van der Waals surface area (Å²) in [4.78, 5) is 4.37. The molecule has 1 aliphatic rings. The Balaban J connectivity index is 1.72. The SMILES string of the molecule is O[C@H]1CCCC[C@@H]1Nc1ccc(-c2cccc(F)c2)cn1. The van der Waals surface area contributed by atoms with Crippen molar-refractivity contribution in [3.8, 4) is 11.1 Å². The maximum Gasteiger partial charge on any atom is 0.126 e. The summed E-state index contributed by atoms with van der Waals surface area (Å²) in [5, 5.41) is 13.2. The fraction of sp³-hybridized carbons (Fsp3) is 0.353. The molecule has 2 N–H and O–H groups in total. The van der Waals surface area contributed by atoms with Crippen LogP contribution in [-0.4, -0.2) is 22.2 Å². The largest absolute Gasteiger partial charge is 0.391 e. The molecule has 1 saturated carbocycles. The van der Waals surface area contributed by atoms with E-state index in [1.54, 1.807) is 12.3 Å². The van der Waals surface area contributed by atoms with Crippen LogP contribution in [0, 0.1) is 5.82 Å². The van der Waals surface area contributed by atoms with Crippen molar-refractivity contribution in [3.63, 3.8) is 0 Å². The van der Waals surface area contributed by atoms with Gasteiger partial charge >= 0.3 is 0 Å². The monoisotopic (exact) mass is 286 g/mol. The number of anilines is 1. The minimum atomic E-state index is -0.302. The quantitative estimate of drug-likeness (QED) is 0.906. The number of benzene rings is 1. The molecule has 1 aromatic heterocycles. The average Bonchev–Trinajstić information content (AvgIpc) is 2.50. The molecule has 110 valence electrons. The number of halogens is 1. The van der Waals surface area contributed by atoms with Crippen LogP contribution in [0.5, 0.6) is 0 Å². The molecule has 0 unspecified atom stereocenters. The Hall–Kier alpha value is -1.94. The Morgan fingerprint density at radius 1 is 1.10 bits per heavy atom. The van der Waals surface area contributed by atoms with Gasteiger partial charge in [0, 0.05) is 11.8 Å². The second-order valence-corrected chi connectivity index (χ2v) is 5.55. The van der Waals surface area contributed by atoms with Crippen LogP contribution in [0.15, 0.2) is 42.6 Å². The van der Waals surface area contributed by atoms with Gasteiger partial charge in [0.2, 0.25) is 0 Å². The van der Waals surface area contributed by atoms with Crippen LogP contribution < -0.4 is 5.32 Å². The van der Waals surface area contributed by atoms with E-state index in [1.807, 2.05) is 18.2 Å². The van der Waals surface area contributed by atoms with E-state index in [2.05, 4.69) is 10.3 Å². The number of aliphatic hydroxyl groups excluding tert-OH is 1. The van der Waals surface area contributed by atoms with Crippen molar-refractivity contribution >= 4 is 5.82 Å². The summed E-state index contributed by atoms with van der Waals surface area (Å²) in [6.45, 7) is 0. The van der Waals surface area contributed by atoms with Crippen molar-refractivity contribution in [2.75, 3.05) is 5.32 Å². The molecule has 1 heterocycles. The molecular weight excluding hydrogens is 267 g/mol. The molecule has 2 aromatic rings. The third kappa shape index (κ3) is 3.39. The van der Waals surface area contributed by atoms with Gasteiger partial charge in [0.15, 0.2) is 0 Å². The van der Waals surface area contributed by atoms with E-state index >= 15 is 0 Å². The zero-order chi connectivity index (χ0) is 14.7. The predicted molar refractivity (Wildman–Crippen MR) is 81.5 cm³/mol. The number of hydrogen-bond acceptors (Lipinski definition) is 3. The summed E-state index contributed by atoms with van der Waals surface area (Å²) >= 11 is 0. The summed E-state index contributed by atoms with van der Waals surface area (Å²) in [5.74, 6) is 0.501. The fourth-order valence-corrected chi connectivity index (χ4v) is 2.79. The Morgan fingerprint density at radius 3 is 2.67 bits per heavy atom. The zero-order valence-corrected chi connectivity index (χ0v) is 11.8. The Labute approximate surface area is 123 Å². The van der Waals surface area contributed by atoms with Crippen molar-refractivity contribution in [1.29, 1.82) is 0 Å². The van der Waals surface area contributed by atoms with E-state index in [0.717, 1.165) is 42.6 Å². The van der Waals surface area contributed by atoms with Crippen LogP contribution >= 0.6 is 0 Å². The molecule has 1 aromatic carbocycles. The van der Waals surface area contributed by atoms with E-state index in [1.165, 1.54) is 12.1 Å². The molecule has 21 heavy (non-hydrogen) atoms. The van der Waals surface area contributed by atoms with Gasteiger partial charge in [-0.3, -0.25) is 0 Å². The first-order valence-corrected chi connectivity index (χ1v) is 7.39. The normalized spacial score (nSPS) is 22.0. The molecular formula is C17H19FN2O. The summed E-state index contributed by atoms with van der Waals surface area (Å²) < 4.78 is 13.2. The van der Waals surface area contributed by atoms with E-state index in [4.69, 9.17) is 0 Å². The number of aliphatic hydroxyl groups is 1. The van der Waals surface area contributed by atoms with Crippen molar-refractivity contribution in [2.24, 2.45) is 0 Å². The highest BCUT2D eigenvalue weighted by molar-refractivity contribution is 5.63. The number of hydrogen-bond donors (Lipinski definition) is 2. The van der Waals surface area contributed by atoms with E-state index < -0.39 is 0 Å². The molecule has 2 atom stereocenters. The first-order chi connectivity index (χ1) is 10.2. The van der Waals surface area contributed by atoms with Gasteiger partial charge in [-0.25, -0.2) is 9.37 Å². The molecule has 1 fully saturated rings. The molecule has 3 nitrogen and oxygen atoms in total. The van der Waals surface area contributed by atoms with Gasteiger partial charge in [-0.2, -0.15) is 0 Å². The molecule has 0 saturated heterocycles. The molecule has 0 radical (unpaired) electrons. The smallest absolute Gasteiger partial charge is 0.126 e. The highest BCUT2D eigenvalue weighted by Gasteiger charge is 2.22. The van der Waals surface area contributed by atoms with E-state index in [0.29, 0.717) is 0 Å². The van der Waals surface area contributed by atoms with Crippen LogP contribution in [0.1, 0.15) is 25.7 Å². The lowest BCUT2D eigenvalue weighted by Crippen LogP contribution is -2.36. The lowest BCUT2D eigenvalue weighted by Gasteiger charge is -2.28. The summed E-state index contributed by atoms with van der Waals surface area (Å²) in [5.41, 5.74) is 1.69. The highest BCUT2D eigenvalue weighted by Crippen LogP contribution is 2.23. The van der Waals surface area contributed by atoms with Crippen molar-refractivity contribution in [3.05, 3.63) is 48.4 Å². The Bertz CT molecular complexity index is 600. The first kappa shape index (κ1) is 14.0. The number of pyridine rings is 1. The van der Waals surface area contributed by atoms with Gasteiger partial charge < -0.3 is 10.4 Å². The molecule has 3 rings (SSSR count). The lowest BCUT2D eigenvalue weighted by molar-refractivity contribution is 0.116. The third-order valence-electron chi connectivity index (χ3n) is 3.98. The second kappa shape index (κ2) is 6.22. The van der Waals surface area contributed by atoms with Crippen molar-refractivity contribution in [2.45, 2.75) is 37.8 Å². The van der Waals surface area contributed by atoms with Crippen LogP contribution in [0.3, 0.4) is 0 Å². The summed E-state index contributed by atoms with van der Waals surface area (Å²) in [7, 11) is 0. The van der Waals surface area contributed by atoms with Crippen LogP contribution in [0.25, 0.3) is 11.1 Å². The van der Waals surface area contributed by atoms with Crippen LogP contribution in [-0.2, 0) is 0 Å². The third-order valence-corrected chi connectivity index (χ3v) is 3.98. The van der Waals surface area contributed by atoms with E-state index in [-0.39, 0.29) is 18.0 Å². The van der Waals surface area contributed by atoms with Crippen LogP contribution in [0.4, 0.5) is 10.2 Å². The summed E-state index contributed by atoms with van der Waals surface area (Å²) in [6.07, 6.45) is 5.46. The Kier molecular flexibility index (Phi) is 4.15. The minimum Gasteiger partial charge on any atom is -0.391 e. The van der Waals surface area contributed by atoms with E-state index in [9.17, 15) is 9.50 Å². The van der Waals surface area contributed by atoms with Crippen LogP contribution in [0.2, 0.25) is 0 Å². The number of rotatable bonds is 3. The second-order valence-electron chi connectivity index (χ2n) is 5.55. The van der Waals surface area contributed by atoms with Gasteiger partial charge in [0.05, 0.1) is 12.1 Å². The average molecular weight is 286 g/mol. The highest BCUT2D eigenvalue weighted by atomic mass is 19.1. The molecule has 0 aliphatic heterocycles. The first-order valence-electron chi connectivity index (χ1n) is 7.39. The maximum atomic E-state index is 13.2. The van der Waals surface area contributed by atoms with Gasteiger partial charge in [0.1, 0.15) is 11.6 Å². The number of nitrogens with zero attached hydrogens (tertiary/aromatic N) is 1. The molecule has 4 heteroatoms. The van der Waals surface area contributed by atoms with Crippen molar-refractivity contribution < 1.29 is 9.50 Å². The predicted octanol–water partition coefficient (Wildman–Crippen LogP) is 3.60. The minimum absolute atomic E-state index is 0.0752. The molecule has 1 aliphatic carbocycles. The van der Waals surface area contributed by atoms with Gasteiger partial charge in [-0.15, -0.1) is 0 Å².